The maximum atomic E-state index is 12.8. The predicted octanol–water partition coefficient (Wildman–Crippen LogP) is 4.76. The highest BCUT2D eigenvalue weighted by molar-refractivity contribution is 6.06. The van der Waals surface area contributed by atoms with Gasteiger partial charge >= 0.3 is 0 Å². The fourth-order valence-electron chi connectivity index (χ4n) is 2.92. The average Bonchev–Trinajstić information content (AvgIpc) is 3.19. The molecule has 0 aliphatic rings. The topological polar surface area (TPSA) is 71.3 Å². The van der Waals surface area contributed by atoms with E-state index in [9.17, 15) is 9.59 Å². The van der Waals surface area contributed by atoms with E-state index in [4.69, 9.17) is 4.42 Å². The molecule has 0 bridgehead atoms. The Morgan fingerprint density at radius 2 is 1.61 bits per heavy atom. The fourth-order valence-corrected chi connectivity index (χ4v) is 2.92. The third kappa shape index (κ3) is 4.68. The molecule has 0 atom stereocenters. The van der Waals surface area contributed by atoms with Gasteiger partial charge in [-0.1, -0.05) is 45.0 Å². The number of nitrogens with one attached hydrogen (secondary N) is 2. The number of carbonyl (C=O) groups excluding carboxylic acids is 2. The van der Waals surface area contributed by atoms with Crippen molar-refractivity contribution in [3.05, 3.63) is 89.4 Å². The molecule has 144 valence electrons. The summed E-state index contributed by atoms with van der Waals surface area (Å²) in [5.74, 6) is 0.152. The van der Waals surface area contributed by atoms with Crippen LogP contribution in [0, 0.1) is 0 Å². The Morgan fingerprint density at radius 3 is 2.29 bits per heavy atom. The minimum absolute atomic E-state index is 0.0997. The number of amides is 2. The highest BCUT2D eigenvalue weighted by Crippen LogP contribution is 2.29. The van der Waals surface area contributed by atoms with Gasteiger partial charge in [0.05, 0.1) is 12.8 Å². The van der Waals surface area contributed by atoms with E-state index in [1.54, 1.807) is 42.7 Å². The van der Waals surface area contributed by atoms with Gasteiger partial charge in [0.2, 0.25) is 0 Å². The summed E-state index contributed by atoms with van der Waals surface area (Å²) in [7, 11) is 0. The van der Waals surface area contributed by atoms with Gasteiger partial charge in [0.1, 0.15) is 5.76 Å². The molecular weight excluding hydrogens is 352 g/mol. The second-order valence-corrected chi connectivity index (χ2v) is 7.59. The summed E-state index contributed by atoms with van der Waals surface area (Å²) in [6, 6.07) is 18.0. The van der Waals surface area contributed by atoms with Gasteiger partial charge in [0.25, 0.3) is 11.8 Å². The van der Waals surface area contributed by atoms with E-state index in [-0.39, 0.29) is 17.2 Å². The number of carbonyl (C=O) groups is 2. The molecule has 0 aliphatic heterocycles. The van der Waals surface area contributed by atoms with Crippen LogP contribution in [0.1, 0.15) is 52.8 Å². The van der Waals surface area contributed by atoms with E-state index >= 15 is 0 Å². The van der Waals surface area contributed by atoms with Gasteiger partial charge in [-0.15, -0.1) is 0 Å². The second kappa shape index (κ2) is 8.13. The Kier molecular flexibility index (Phi) is 5.64. The fraction of sp³-hybridized carbons (Fsp3) is 0.217. The molecule has 5 heteroatoms. The molecule has 0 unspecified atom stereocenters. The van der Waals surface area contributed by atoms with Gasteiger partial charge < -0.3 is 15.1 Å². The molecule has 3 aromatic rings. The van der Waals surface area contributed by atoms with E-state index in [1.165, 1.54) is 0 Å². The van der Waals surface area contributed by atoms with Crippen LogP contribution in [-0.4, -0.2) is 11.8 Å². The molecule has 5 nitrogen and oxygen atoms in total. The summed E-state index contributed by atoms with van der Waals surface area (Å²) >= 11 is 0. The molecule has 1 aromatic heterocycles. The maximum absolute atomic E-state index is 12.8. The Bertz CT molecular complexity index is 970. The number of furan rings is 1. The SMILES string of the molecule is CC(C)(C)c1ccccc1NC(=O)c1cccc(C(=O)NCc2ccco2)c1. The molecule has 0 saturated carbocycles. The number of rotatable bonds is 5. The van der Waals surface area contributed by atoms with Crippen LogP contribution in [0.5, 0.6) is 0 Å². The highest BCUT2D eigenvalue weighted by atomic mass is 16.3. The molecule has 2 aromatic carbocycles. The van der Waals surface area contributed by atoms with Crippen molar-refractivity contribution < 1.29 is 14.0 Å². The lowest BCUT2D eigenvalue weighted by molar-refractivity contribution is 0.0948. The van der Waals surface area contributed by atoms with Gasteiger partial charge in [0.15, 0.2) is 0 Å². The first-order chi connectivity index (χ1) is 13.3. The van der Waals surface area contributed by atoms with Crippen molar-refractivity contribution >= 4 is 17.5 Å². The summed E-state index contributed by atoms with van der Waals surface area (Å²) in [4.78, 5) is 25.1. The van der Waals surface area contributed by atoms with E-state index < -0.39 is 0 Å². The van der Waals surface area contributed by atoms with Crippen molar-refractivity contribution in [2.45, 2.75) is 32.7 Å². The van der Waals surface area contributed by atoms with E-state index in [0.29, 0.717) is 23.4 Å². The second-order valence-electron chi connectivity index (χ2n) is 7.59. The smallest absolute Gasteiger partial charge is 0.255 e. The highest BCUT2D eigenvalue weighted by Gasteiger charge is 2.19. The molecule has 0 saturated heterocycles. The maximum Gasteiger partial charge on any atom is 0.255 e. The summed E-state index contributed by atoms with van der Waals surface area (Å²) in [6.45, 7) is 6.59. The molecular formula is C23H24N2O3. The first kappa shape index (κ1) is 19.4. The summed E-state index contributed by atoms with van der Waals surface area (Å²) < 4.78 is 5.21. The molecule has 3 rings (SSSR count). The lowest BCUT2D eigenvalue weighted by Gasteiger charge is -2.23. The van der Waals surface area contributed by atoms with Crippen molar-refractivity contribution in [1.82, 2.24) is 5.32 Å². The summed E-state index contributed by atoms with van der Waals surface area (Å²) in [6.07, 6.45) is 1.56. The molecule has 2 N–H and O–H groups in total. The van der Waals surface area contributed by atoms with Crippen molar-refractivity contribution in [2.24, 2.45) is 0 Å². The summed E-state index contributed by atoms with van der Waals surface area (Å²) in [5, 5.41) is 5.75. The zero-order valence-electron chi connectivity index (χ0n) is 16.3. The van der Waals surface area contributed by atoms with Crippen LogP contribution in [0.25, 0.3) is 0 Å². The molecule has 0 fully saturated rings. The lowest BCUT2D eigenvalue weighted by Crippen LogP contribution is -2.23. The monoisotopic (exact) mass is 376 g/mol. The largest absolute Gasteiger partial charge is 0.467 e. The average molecular weight is 376 g/mol. The molecule has 0 spiro atoms. The Hall–Kier alpha value is -3.34. The van der Waals surface area contributed by atoms with Crippen LogP contribution >= 0.6 is 0 Å². The minimum Gasteiger partial charge on any atom is -0.467 e. The molecule has 2 amide bonds. The number of anilines is 1. The quantitative estimate of drug-likeness (QED) is 0.674. The van der Waals surface area contributed by atoms with Crippen molar-refractivity contribution in [3.63, 3.8) is 0 Å². The lowest BCUT2D eigenvalue weighted by atomic mass is 9.86. The number of para-hydroxylation sites is 1. The standard InChI is InChI=1S/C23H24N2O3/c1-23(2,3)19-11-4-5-12-20(19)25-22(27)17-9-6-8-16(14-17)21(26)24-15-18-10-7-13-28-18/h4-14H,15H2,1-3H3,(H,24,26)(H,25,27). The number of hydrogen-bond donors (Lipinski definition) is 2. The van der Waals surface area contributed by atoms with Gasteiger partial charge in [-0.05, 0) is 47.4 Å². The molecule has 0 aliphatic carbocycles. The van der Waals surface area contributed by atoms with Crippen LogP contribution in [0.4, 0.5) is 5.69 Å². The Balaban J connectivity index is 1.73. The van der Waals surface area contributed by atoms with E-state index in [2.05, 4.69) is 31.4 Å². The van der Waals surface area contributed by atoms with Crippen LogP contribution in [0.15, 0.2) is 71.3 Å². The van der Waals surface area contributed by atoms with Crippen molar-refractivity contribution in [3.8, 4) is 0 Å². The van der Waals surface area contributed by atoms with Gasteiger partial charge in [-0.2, -0.15) is 0 Å². The molecule has 0 radical (unpaired) electrons. The van der Waals surface area contributed by atoms with Crippen molar-refractivity contribution in [2.75, 3.05) is 5.32 Å². The molecule has 28 heavy (non-hydrogen) atoms. The van der Waals surface area contributed by atoms with Crippen LogP contribution < -0.4 is 10.6 Å². The van der Waals surface area contributed by atoms with Gasteiger partial charge in [-0.3, -0.25) is 9.59 Å². The van der Waals surface area contributed by atoms with E-state index in [0.717, 1.165) is 11.3 Å². The third-order valence-corrected chi connectivity index (χ3v) is 4.37. The normalized spacial score (nSPS) is 11.1. The first-order valence-corrected chi connectivity index (χ1v) is 9.16. The van der Waals surface area contributed by atoms with Gasteiger partial charge in [-0.25, -0.2) is 0 Å². The number of hydrogen-bond acceptors (Lipinski definition) is 3. The van der Waals surface area contributed by atoms with E-state index in [1.807, 2.05) is 24.3 Å². The minimum atomic E-state index is -0.263. The first-order valence-electron chi connectivity index (χ1n) is 9.16. The third-order valence-electron chi connectivity index (χ3n) is 4.37. The Labute approximate surface area is 164 Å². The zero-order chi connectivity index (χ0) is 20.1. The van der Waals surface area contributed by atoms with Crippen LogP contribution in [0.3, 0.4) is 0 Å². The van der Waals surface area contributed by atoms with Crippen LogP contribution in [-0.2, 0) is 12.0 Å². The Morgan fingerprint density at radius 1 is 0.893 bits per heavy atom. The predicted molar refractivity (Wildman–Crippen MR) is 109 cm³/mol. The summed E-state index contributed by atoms with van der Waals surface area (Å²) in [5.41, 5.74) is 2.57. The molecule has 1 heterocycles. The van der Waals surface area contributed by atoms with Gasteiger partial charge in [0, 0.05) is 16.8 Å². The number of benzene rings is 2. The zero-order valence-corrected chi connectivity index (χ0v) is 16.3. The van der Waals surface area contributed by atoms with Crippen molar-refractivity contribution in [1.29, 1.82) is 0 Å². The van der Waals surface area contributed by atoms with Crippen LogP contribution in [0.2, 0.25) is 0 Å².